The lowest BCUT2D eigenvalue weighted by molar-refractivity contribution is 0.0954. The van der Waals surface area contributed by atoms with Crippen molar-refractivity contribution in [2.24, 2.45) is 0 Å². The van der Waals surface area contributed by atoms with Crippen LogP contribution in [0.25, 0.3) is 0 Å². The van der Waals surface area contributed by atoms with Crippen LogP contribution in [-0.2, 0) is 10.0 Å². The van der Waals surface area contributed by atoms with Crippen LogP contribution in [0.3, 0.4) is 0 Å². The van der Waals surface area contributed by atoms with E-state index in [9.17, 15) is 13.2 Å². The first-order valence-electron chi connectivity index (χ1n) is 5.55. The summed E-state index contributed by atoms with van der Waals surface area (Å²) in [6.45, 7) is 1.97. The van der Waals surface area contributed by atoms with E-state index >= 15 is 0 Å². The molecule has 8 heteroatoms. The summed E-state index contributed by atoms with van der Waals surface area (Å²) in [5, 5.41) is 2.61. The van der Waals surface area contributed by atoms with E-state index in [4.69, 9.17) is 5.73 Å². The summed E-state index contributed by atoms with van der Waals surface area (Å²) in [6, 6.07) is 6.49. The molecule has 0 spiro atoms. The maximum atomic E-state index is 11.6. The van der Waals surface area contributed by atoms with Crippen LogP contribution in [0.4, 0.5) is 5.69 Å². The zero-order valence-electron chi connectivity index (χ0n) is 10.5. The Labute approximate surface area is 119 Å². The van der Waals surface area contributed by atoms with Crippen molar-refractivity contribution in [1.29, 1.82) is 0 Å². The smallest absolute Gasteiger partial charge is 0.251 e. The van der Waals surface area contributed by atoms with Gasteiger partial charge in [0.25, 0.3) is 5.91 Å². The average molecular weight is 308 g/mol. The van der Waals surface area contributed by atoms with Crippen molar-refractivity contribution in [1.82, 2.24) is 10.0 Å². The molecule has 0 saturated carbocycles. The zero-order valence-corrected chi connectivity index (χ0v) is 12.2. The van der Waals surface area contributed by atoms with Gasteiger partial charge in [0.1, 0.15) is 0 Å². The van der Waals surface area contributed by atoms with Crippen molar-refractivity contribution in [2.45, 2.75) is 6.92 Å². The summed E-state index contributed by atoms with van der Waals surface area (Å²) in [4.78, 5) is 11.6. The Morgan fingerprint density at radius 3 is 2.32 bits per heavy atom. The van der Waals surface area contributed by atoms with Crippen LogP contribution < -0.4 is 15.8 Å². The fourth-order valence-corrected chi connectivity index (χ4v) is 1.84. The highest BCUT2D eigenvalue weighted by Gasteiger charge is 2.07. The number of carbonyl (C=O) groups excluding carboxylic acids is 1. The van der Waals surface area contributed by atoms with Crippen molar-refractivity contribution < 1.29 is 13.2 Å². The minimum absolute atomic E-state index is 0. The van der Waals surface area contributed by atoms with Crippen LogP contribution in [-0.4, -0.2) is 33.2 Å². The molecule has 1 rings (SSSR count). The second kappa shape index (κ2) is 7.98. The van der Waals surface area contributed by atoms with Gasteiger partial charge in [-0.3, -0.25) is 4.79 Å². The zero-order chi connectivity index (χ0) is 13.6. The third-order valence-electron chi connectivity index (χ3n) is 2.29. The largest absolute Gasteiger partial charge is 0.399 e. The van der Waals surface area contributed by atoms with E-state index in [1.165, 1.54) is 0 Å². The van der Waals surface area contributed by atoms with E-state index in [1.807, 2.05) is 0 Å². The van der Waals surface area contributed by atoms with E-state index in [2.05, 4.69) is 10.0 Å². The molecule has 1 amide bonds. The quantitative estimate of drug-likeness (QED) is 0.521. The van der Waals surface area contributed by atoms with E-state index in [0.717, 1.165) is 0 Å². The molecule has 0 atom stereocenters. The third-order valence-corrected chi connectivity index (χ3v) is 3.69. The van der Waals surface area contributed by atoms with Gasteiger partial charge in [-0.1, -0.05) is 0 Å². The summed E-state index contributed by atoms with van der Waals surface area (Å²) in [6.07, 6.45) is 0. The number of halogens is 1. The Balaban J connectivity index is 0.00000324. The Bertz CT molecular complexity index is 502. The number of benzene rings is 1. The van der Waals surface area contributed by atoms with Crippen molar-refractivity contribution >= 4 is 34.0 Å². The summed E-state index contributed by atoms with van der Waals surface area (Å²) < 4.78 is 24.6. The van der Waals surface area contributed by atoms with Crippen LogP contribution in [0.5, 0.6) is 0 Å². The molecule has 0 bridgehead atoms. The Hall–Kier alpha value is -1.31. The van der Waals surface area contributed by atoms with Gasteiger partial charge in [-0.25, -0.2) is 13.1 Å². The summed E-state index contributed by atoms with van der Waals surface area (Å²) in [5.41, 5.74) is 6.58. The Morgan fingerprint density at radius 1 is 1.21 bits per heavy atom. The first-order valence-corrected chi connectivity index (χ1v) is 7.21. The molecule has 4 N–H and O–H groups in total. The van der Waals surface area contributed by atoms with Gasteiger partial charge in [0.2, 0.25) is 10.0 Å². The van der Waals surface area contributed by atoms with Crippen LogP contribution in [0.2, 0.25) is 0 Å². The van der Waals surface area contributed by atoms with Crippen molar-refractivity contribution in [2.75, 3.05) is 24.6 Å². The molecule has 0 saturated heterocycles. The van der Waals surface area contributed by atoms with Gasteiger partial charge >= 0.3 is 0 Å². The number of amides is 1. The number of sulfonamides is 1. The molecule has 108 valence electrons. The van der Waals surface area contributed by atoms with Crippen LogP contribution in [0.15, 0.2) is 24.3 Å². The Kier molecular flexibility index (Phi) is 7.43. The fraction of sp³-hybridized carbons (Fsp3) is 0.364. The molecule has 0 radical (unpaired) electrons. The number of anilines is 1. The molecule has 0 fully saturated rings. The maximum absolute atomic E-state index is 11.6. The highest BCUT2D eigenvalue weighted by molar-refractivity contribution is 7.89. The molecule has 1 aromatic rings. The number of hydrogen-bond acceptors (Lipinski definition) is 4. The lowest BCUT2D eigenvalue weighted by atomic mass is 10.2. The lowest BCUT2D eigenvalue weighted by Gasteiger charge is -2.06. The number of nitrogens with two attached hydrogens (primary N) is 1. The van der Waals surface area contributed by atoms with Crippen molar-refractivity contribution in [3.63, 3.8) is 0 Å². The topological polar surface area (TPSA) is 101 Å². The molecule has 19 heavy (non-hydrogen) atoms. The van der Waals surface area contributed by atoms with Gasteiger partial charge in [-0.05, 0) is 31.2 Å². The van der Waals surface area contributed by atoms with Gasteiger partial charge in [-0.2, -0.15) is 0 Å². The summed E-state index contributed by atoms with van der Waals surface area (Å²) in [7, 11) is -3.21. The second-order valence-corrected chi connectivity index (χ2v) is 5.77. The van der Waals surface area contributed by atoms with Crippen LogP contribution in [0.1, 0.15) is 17.3 Å². The predicted octanol–water partition coefficient (Wildman–Crippen LogP) is 0.360. The molecule has 0 heterocycles. The molecule has 0 aliphatic rings. The minimum atomic E-state index is -3.21. The maximum Gasteiger partial charge on any atom is 0.251 e. The Morgan fingerprint density at radius 2 is 1.79 bits per heavy atom. The van der Waals surface area contributed by atoms with Crippen LogP contribution in [0, 0.1) is 0 Å². The summed E-state index contributed by atoms with van der Waals surface area (Å²) in [5.74, 6) is -0.232. The lowest BCUT2D eigenvalue weighted by Crippen LogP contribution is -2.35. The highest BCUT2D eigenvalue weighted by Crippen LogP contribution is 2.04. The van der Waals surface area contributed by atoms with Crippen LogP contribution >= 0.6 is 12.4 Å². The SMILES string of the molecule is CCS(=O)(=O)NCCNC(=O)c1ccc(N)cc1.Cl. The minimum Gasteiger partial charge on any atom is -0.399 e. The molecule has 0 aromatic heterocycles. The monoisotopic (exact) mass is 307 g/mol. The van der Waals surface area contributed by atoms with Gasteiger partial charge in [0, 0.05) is 24.3 Å². The van der Waals surface area contributed by atoms with Gasteiger partial charge < -0.3 is 11.1 Å². The molecule has 0 aliphatic carbocycles. The molecule has 6 nitrogen and oxygen atoms in total. The first kappa shape index (κ1) is 17.7. The fourth-order valence-electron chi connectivity index (χ4n) is 1.22. The number of nitrogens with one attached hydrogen (secondary N) is 2. The molecule has 0 unspecified atom stereocenters. The average Bonchev–Trinajstić information content (AvgIpc) is 2.35. The van der Waals surface area contributed by atoms with Crippen molar-refractivity contribution in [3.05, 3.63) is 29.8 Å². The highest BCUT2D eigenvalue weighted by atomic mass is 35.5. The normalized spacial score (nSPS) is 10.6. The van der Waals surface area contributed by atoms with E-state index < -0.39 is 10.0 Å². The van der Waals surface area contributed by atoms with E-state index in [-0.39, 0.29) is 37.2 Å². The summed E-state index contributed by atoms with van der Waals surface area (Å²) >= 11 is 0. The predicted molar refractivity (Wildman–Crippen MR) is 77.9 cm³/mol. The number of rotatable bonds is 6. The standard InChI is InChI=1S/C11H17N3O3S.ClH/c1-2-18(16,17)14-8-7-13-11(15)9-3-5-10(12)6-4-9;/h3-6,14H,2,7-8,12H2,1H3,(H,13,15);1H. The van der Waals surface area contributed by atoms with Gasteiger partial charge in [0.15, 0.2) is 0 Å². The first-order chi connectivity index (χ1) is 8.44. The molecular weight excluding hydrogens is 290 g/mol. The van der Waals surface area contributed by atoms with E-state index in [0.29, 0.717) is 11.3 Å². The van der Waals surface area contributed by atoms with Gasteiger partial charge in [0.05, 0.1) is 5.75 Å². The number of hydrogen-bond donors (Lipinski definition) is 3. The second-order valence-electron chi connectivity index (χ2n) is 3.68. The molecule has 0 aliphatic heterocycles. The van der Waals surface area contributed by atoms with Gasteiger partial charge in [-0.15, -0.1) is 12.4 Å². The molecule has 1 aromatic carbocycles. The number of nitrogen functional groups attached to an aromatic ring is 1. The van der Waals surface area contributed by atoms with E-state index in [1.54, 1.807) is 31.2 Å². The third kappa shape index (κ3) is 6.42. The number of carbonyl (C=O) groups is 1. The van der Waals surface area contributed by atoms with Crippen molar-refractivity contribution in [3.8, 4) is 0 Å². The molecular formula is C11H18ClN3O3S.